The van der Waals surface area contributed by atoms with Crippen LogP contribution in [0.5, 0.6) is 11.5 Å². The molecule has 0 fully saturated rings. The van der Waals surface area contributed by atoms with Gasteiger partial charge in [0.1, 0.15) is 0 Å². The predicted molar refractivity (Wildman–Crippen MR) is 87.7 cm³/mol. The molecule has 0 atom stereocenters. The Balaban J connectivity index is 2.24. The van der Waals surface area contributed by atoms with Crippen molar-refractivity contribution >= 4 is 17.8 Å². The fourth-order valence-corrected chi connectivity index (χ4v) is 1.96. The SMILES string of the molecule is COc1cc(/C=N\NC(=O)c2ccccc2)c([N+](=O)[O-])cc1OC. The molecular weight excluding hydrogens is 314 g/mol. The average Bonchev–Trinajstić information content (AvgIpc) is 2.61. The molecule has 1 amide bonds. The highest BCUT2D eigenvalue weighted by Gasteiger charge is 2.18. The molecule has 0 bridgehead atoms. The molecule has 0 unspecified atom stereocenters. The van der Waals surface area contributed by atoms with Crippen LogP contribution in [0.2, 0.25) is 0 Å². The highest BCUT2D eigenvalue weighted by atomic mass is 16.6. The third-order valence-electron chi connectivity index (χ3n) is 3.14. The first-order valence-corrected chi connectivity index (χ1v) is 6.85. The summed E-state index contributed by atoms with van der Waals surface area (Å²) < 4.78 is 10.2. The van der Waals surface area contributed by atoms with E-state index in [1.165, 1.54) is 32.6 Å². The fraction of sp³-hybridized carbons (Fsp3) is 0.125. The second-order valence-electron chi connectivity index (χ2n) is 4.59. The Morgan fingerprint density at radius 1 is 1.17 bits per heavy atom. The number of benzene rings is 2. The number of hydrogen-bond donors (Lipinski definition) is 1. The van der Waals surface area contributed by atoms with Gasteiger partial charge in [-0.25, -0.2) is 5.43 Å². The molecule has 1 N–H and O–H groups in total. The lowest BCUT2D eigenvalue weighted by Crippen LogP contribution is -2.17. The van der Waals surface area contributed by atoms with Crippen molar-refractivity contribution in [3.8, 4) is 11.5 Å². The van der Waals surface area contributed by atoms with Crippen molar-refractivity contribution < 1.29 is 19.2 Å². The molecule has 24 heavy (non-hydrogen) atoms. The number of nitro benzene ring substituents is 1. The van der Waals surface area contributed by atoms with Gasteiger partial charge in [-0.1, -0.05) is 18.2 Å². The molecule has 0 saturated carbocycles. The summed E-state index contributed by atoms with van der Waals surface area (Å²) in [6.45, 7) is 0. The third-order valence-corrected chi connectivity index (χ3v) is 3.14. The number of hydrazone groups is 1. The van der Waals surface area contributed by atoms with Gasteiger partial charge in [0, 0.05) is 5.56 Å². The minimum absolute atomic E-state index is 0.172. The van der Waals surface area contributed by atoms with Crippen molar-refractivity contribution in [2.75, 3.05) is 14.2 Å². The number of nitro groups is 1. The number of amides is 1. The summed E-state index contributed by atoms with van der Waals surface area (Å²) in [6, 6.07) is 11.1. The molecule has 0 saturated heterocycles. The van der Waals surface area contributed by atoms with Crippen molar-refractivity contribution in [2.45, 2.75) is 0 Å². The van der Waals surface area contributed by atoms with Crippen molar-refractivity contribution in [3.05, 3.63) is 63.7 Å². The molecule has 0 aliphatic heterocycles. The Hall–Kier alpha value is -3.42. The van der Waals surface area contributed by atoms with Crippen LogP contribution in [0.15, 0.2) is 47.6 Å². The highest BCUT2D eigenvalue weighted by Crippen LogP contribution is 2.33. The van der Waals surface area contributed by atoms with E-state index in [0.717, 1.165) is 0 Å². The van der Waals surface area contributed by atoms with Crippen molar-refractivity contribution in [1.82, 2.24) is 5.43 Å². The summed E-state index contributed by atoms with van der Waals surface area (Å²) in [7, 11) is 2.80. The van der Waals surface area contributed by atoms with Crippen molar-refractivity contribution in [3.63, 3.8) is 0 Å². The molecule has 8 heteroatoms. The standard InChI is InChI=1S/C16H15N3O5/c1-23-14-8-12(13(19(21)22)9-15(14)24-2)10-17-18-16(20)11-6-4-3-5-7-11/h3-10H,1-2H3,(H,18,20)/b17-10-. The Labute approximate surface area is 137 Å². The van der Waals surface area contributed by atoms with Crippen LogP contribution in [0, 0.1) is 10.1 Å². The molecule has 0 radical (unpaired) electrons. The van der Waals surface area contributed by atoms with Crippen LogP contribution < -0.4 is 14.9 Å². The minimum atomic E-state index is -0.567. The first kappa shape index (κ1) is 16.9. The van der Waals surface area contributed by atoms with E-state index in [-0.39, 0.29) is 17.0 Å². The van der Waals surface area contributed by atoms with E-state index >= 15 is 0 Å². The molecule has 2 rings (SSSR count). The molecule has 0 aliphatic rings. The topological polar surface area (TPSA) is 103 Å². The van der Waals surface area contributed by atoms with Gasteiger partial charge in [0.2, 0.25) is 0 Å². The zero-order chi connectivity index (χ0) is 17.5. The van der Waals surface area contributed by atoms with Crippen LogP contribution in [-0.2, 0) is 0 Å². The van der Waals surface area contributed by atoms with Gasteiger partial charge < -0.3 is 9.47 Å². The van der Waals surface area contributed by atoms with Crippen LogP contribution in [0.1, 0.15) is 15.9 Å². The van der Waals surface area contributed by atoms with E-state index in [4.69, 9.17) is 9.47 Å². The van der Waals surface area contributed by atoms with E-state index < -0.39 is 10.8 Å². The monoisotopic (exact) mass is 329 g/mol. The van der Waals surface area contributed by atoms with Gasteiger partial charge in [-0.2, -0.15) is 5.10 Å². The van der Waals surface area contributed by atoms with Crippen molar-refractivity contribution in [2.24, 2.45) is 5.10 Å². The van der Waals surface area contributed by atoms with Crippen molar-refractivity contribution in [1.29, 1.82) is 0 Å². The Morgan fingerprint density at radius 3 is 2.38 bits per heavy atom. The number of carbonyl (C=O) groups is 1. The van der Waals surface area contributed by atoms with E-state index in [9.17, 15) is 14.9 Å². The summed E-state index contributed by atoms with van der Waals surface area (Å²) in [6.07, 6.45) is 1.18. The molecule has 0 aromatic heterocycles. The van der Waals surface area contributed by atoms with Crippen LogP contribution in [0.4, 0.5) is 5.69 Å². The first-order valence-electron chi connectivity index (χ1n) is 6.85. The number of nitrogens with zero attached hydrogens (tertiary/aromatic N) is 2. The number of nitrogens with one attached hydrogen (secondary N) is 1. The number of ether oxygens (including phenoxy) is 2. The van der Waals surface area contributed by atoms with Crippen LogP contribution in [0.3, 0.4) is 0 Å². The summed E-state index contributed by atoms with van der Waals surface area (Å²) in [5, 5.41) is 14.9. The molecule has 0 spiro atoms. The van der Waals surface area contributed by atoms with E-state index in [1.54, 1.807) is 30.3 Å². The van der Waals surface area contributed by atoms with Gasteiger partial charge in [-0.05, 0) is 18.2 Å². The molecule has 2 aromatic rings. The number of carbonyl (C=O) groups excluding carboxylic acids is 1. The Bertz CT molecular complexity index is 775. The average molecular weight is 329 g/mol. The highest BCUT2D eigenvalue weighted by molar-refractivity contribution is 5.95. The van der Waals surface area contributed by atoms with Gasteiger partial charge in [-0.3, -0.25) is 14.9 Å². The van der Waals surface area contributed by atoms with Gasteiger partial charge in [0.05, 0.1) is 37.0 Å². The molecule has 2 aromatic carbocycles. The van der Waals surface area contributed by atoms with Crippen LogP contribution in [-0.4, -0.2) is 31.3 Å². The van der Waals surface area contributed by atoms with Crippen LogP contribution in [0.25, 0.3) is 0 Å². The molecular formula is C16H15N3O5. The Kier molecular flexibility index (Phi) is 5.45. The van der Waals surface area contributed by atoms with E-state index in [1.807, 2.05) is 0 Å². The largest absolute Gasteiger partial charge is 0.493 e. The lowest BCUT2D eigenvalue weighted by Gasteiger charge is -2.08. The van der Waals surface area contributed by atoms with Gasteiger partial charge in [-0.15, -0.1) is 0 Å². The third kappa shape index (κ3) is 3.86. The van der Waals surface area contributed by atoms with E-state index in [0.29, 0.717) is 11.3 Å². The zero-order valence-electron chi connectivity index (χ0n) is 13.1. The summed E-state index contributed by atoms with van der Waals surface area (Å²) in [5.41, 5.74) is 2.70. The van der Waals surface area contributed by atoms with Crippen LogP contribution >= 0.6 is 0 Å². The lowest BCUT2D eigenvalue weighted by atomic mass is 10.1. The van der Waals surface area contributed by atoms with Gasteiger partial charge in [0.15, 0.2) is 11.5 Å². The number of hydrogen-bond acceptors (Lipinski definition) is 6. The lowest BCUT2D eigenvalue weighted by molar-refractivity contribution is -0.385. The number of rotatable bonds is 6. The van der Waals surface area contributed by atoms with Gasteiger partial charge >= 0.3 is 0 Å². The second-order valence-corrected chi connectivity index (χ2v) is 4.59. The van der Waals surface area contributed by atoms with E-state index in [2.05, 4.69) is 10.5 Å². The molecule has 0 aliphatic carbocycles. The summed E-state index contributed by atoms with van der Waals surface area (Å²) >= 11 is 0. The smallest absolute Gasteiger partial charge is 0.282 e. The van der Waals surface area contributed by atoms with Gasteiger partial charge in [0.25, 0.3) is 11.6 Å². The predicted octanol–water partition coefficient (Wildman–Crippen LogP) is 2.38. The maximum atomic E-state index is 11.9. The normalized spacial score (nSPS) is 10.4. The first-order chi connectivity index (χ1) is 11.6. The number of methoxy groups -OCH3 is 2. The maximum absolute atomic E-state index is 11.9. The minimum Gasteiger partial charge on any atom is -0.493 e. The summed E-state index contributed by atoms with van der Waals surface area (Å²) in [4.78, 5) is 22.5. The molecule has 0 heterocycles. The molecule has 124 valence electrons. The molecule has 8 nitrogen and oxygen atoms in total. The zero-order valence-corrected chi connectivity index (χ0v) is 13.1. The maximum Gasteiger partial charge on any atom is 0.282 e. The second kappa shape index (κ2) is 7.73. The fourth-order valence-electron chi connectivity index (χ4n) is 1.96. The quantitative estimate of drug-likeness (QED) is 0.498. The summed E-state index contributed by atoms with van der Waals surface area (Å²) in [5.74, 6) is 0.128. The Morgan fingerprint density at radius 2 is 1.79 bits per heavy atom.